The Kier molecular flexibility index (Phi) is 10.3. The summed E-state index contributed by atoms with van der Waals surface area (Å²) in [5.41, 5.74) is 3.89. The van der Waals surface area contributed by atoms with Gasteiger partial charge in [-0.15, -0.1) is 0 Å². The van der Waals surface area contributed by atoms with Gasteiger partial charge in [0.1, 0.15) is 12.3 Å². The molecule has 44 heavy (non-hydrogen) atoms. The number of sulfonamides is 1. The first-order chi connectivity index (χ1) is 21.2. The molecule has 0 spiro atoms. The number of carbonyl (C=O) groups is 2. The molecule has 8 nitrogen and oxygen atoms in total. The Labute approximate surface area is 264 Å². The average molecular weight is 636 g/mol. The maximum Gasteiger partial charge on any atom is 0.410 e. The summed E-state index contributed by atoms with van der Waals surface area (Å²) in [4.78, 5) is 28.1. The summed E-state index contributed by atoms with van der Waals surface area (Å²) in [6, 6.07) is 24.7. The van der Waals surface area contributed by atoms with Crippen LogP contribution in [0.25, 0.3) is 10.9 Å². The minimum atomic E-state index is -3.99. The summed E-state index contributed by atoms with van der Waals surface area (Å²) in [6.07, 6.45) is 3.74. The Bertz CT molecular complexity index is 1710. The Morgan fingerprint density at radius 3 is 2.41 bits per heavy atom. The highest BCUT2D eigenvalue weighted by molar-refractivity contribution is 7.90. The van der Waals surface area contributed by atoms with Gasteiger partial charge in [0.25, 0.3) is 5.91 Å². The summed E-state index contributed by atoms with van der Waals surface area (Å²) in [5.74, 6) is -0.956. The number of aromatic nitrogens is 1. The largest absolute Gasteiger partial charge is 0.445 e. The van der Waals surface area contributed by atoms with Gasteiger partial charge in [0, 0.05) is 35.1 Å². The fourth-order valence-electron chi connectivity index (χ4n) is 5.98. The van der Waals surface area contributed by atoms with E-state index in [9.17, 15) is 18.0 Å². The molecule has 3 aromatic carbocycles. The summed E-state index contributed by atoms with van der Waals surface area (Å²) in [5, 5.41) is 1.35. The van der Waals surface area contributed by atoms with Gasteiger partial charge in [-0.25, -0.2) is 17.9 Å². The highest BCUT2D eigenvalue weighted by Gasteiger charge is 2.30. The predicted octanol–water partition coefficient (Wildman–Crippen LogP) is 6.88. The van der Waals surface area contributed by atoms with Crippen molar-refractivity contribution >= 4 is 44.5 Å². The van der Waals surface area contributed by atoms with Crippen LogP contribution in [0.3, 0.4) is 0 Å². The predicted molar refractivity (Wildman–Crippen MR) is 173 cm³/mol. The maximum atomic E-state index is 13.6. The molecule has 0 unspecified atom stereocenters. The Morgan fingerprint density at radius 1 is 0.977 bits per heavy atom. The van der Waals surface area contributed by atoms with Crippen molar-refractivity contribution in [2.45, 2.75) is 64.6 Å². The number of halogens is 1. The highest BCUT2D eigenvalue weighted by Crippen LogP contribution is 2.29. The van der Waals surface area contributed by atoms with E-state index in [0.717, 1.165) is 42.1 Å². The summed E-state index contributed by atoms with van der Waals surface area (Å²) in [7, 11) is -3.99. The number of piperidine rings is 1. The van der Waals surface area contributed by atoms with Crippen molar-refractivity contribution < 1.29 is 22.7 Å². The third-order valence-electron chi connectivity index (χ3n) is 8.22. The Balaban J connectivity index is 1.26. The number of hydrogen-bond donors (Lipinski definition) is 1. The summed E-state index contributed by atoms with van der Waals surface area (Å²) >= 11 is 6.28. The lowest BCUT2D eigenvalue weighted by Gasteiger charge is -2.34. The first-order valence-electron chi connectivity index (χ1n) is 15.1. The van der Waals surface area contributed by atoms with E-state index in [1.54, 1.807) is 17.0 Å². The quantitative estimate of drug-likeness (QED) is 0.194. The number of nitrogens with one attached hydrogen (secondary N) is 1. The molecule has 0 radical (unpaired) electrons. The van der Waals surface area contributed by atoms with Crippen molar-refractivity contribution in [3.8, 4) is 0 Å². The number of likely N-dealkylation sites (tertiary alicyclic amines) is 1. The zero-order chi connectivity index (χ0) is 31.1. The summed E-state index contributed by atoms with van der Waals surface area (Å²) < 4.78 is 36.2. The number of aryl methyl sites for hydroxylation is 3. The Hall–Kier alpha value is -3.82. The fourth-order valence-corrected chi connectivity index (χ4v) is 7.22. The van der Waals surface area contributed by atoms with Gasteiger partial charge in [-0.1, -0.05) is 72.3 Å². The zero-order valence-electron chi connectivity index (χ0n) is 24.9. The monoisotopic (exact) mass is 635 g/mol. The molecule has 1 aliphatic heterocycles. The molecule has 10 heteroatoms. The molecule has 1 saturated heterocycles. The van der Waals surface area contributed by atoms with Crippen molar-refractivity contribution in [2.24, 2.45) is 0 Å². The molecule has 232 valence electrons. The van der Waals surface area contributed by atoms with Gasteiger partial charge >= 0.3 is 6.09 Å². The number of benzene rings is 3. The molecule has 1 aromatic heterocycles. The maximum absolute atomic E-state index is 13.6. The lowest BCUT2D eigenvalue weighted by molar-refractivity contribution is 0.0672. The first-order valence-corrected chi connectivity index (χ1v) is 17.1. The van der Waals surface area contributed by atoms with Gasteiger partial charge < -0.3 is 14.2 Å². The molecule has 2 amide bonds. The topological polar surface area (TPSA) is 97.7 Å². The normalized spacial score (nSPS) is 15.3. The van der Waals surface area contributed by atoms with Crippen LogP contribution >= 0.6 is 11.6 Å². The van der Waals surface area contributed by atoms with E-state index in [2.05, 4.69) is 16.9 Å². The molecular weight excluding hydrogens is 598 g/mol. The van der Waals surface area contributed by atoms with E-state index in [-0.39, 0.29) is 24.8 Å². The van der Waals surface area contributed by atoms with E-state index >= 15 is 0 Å². The third-order valence-corrected chi connectivity index (χ3v) is 9.72. The molecule has 1 fully saturated rings. The fraction of sp³-hybridized carbons (Fsp3) is 0.353. The molecular formula is C34H38ClN3O5S. The van der Waals surface area contributed by atoms with Gasteiger partial charge in [0.05, 0.1) is 5.75 Å². The van der Waals surface area contributed by atoms with Crippen LogP contribution in [0.4, 0.5) is 4.79 Å². The van der Waals surface area contributed by atoms with Gasteiger partial charge in [-0.05, 0) is 80.3 Å². The van der Waals surface area contributed by atoms with E-state index in [4.69, 9.17) is 16.3 Å². The number of amides is 2. The van der Waals surface area contributed by atoms with Crippen LogP contribution in [-0.4, -0.2) is 48.2 Å². The van der Waals surface area contributed by atoms with Crippen molar-refractivity contribution in [1.29, 1.82) is 0 Å². The lowest BCUT2D eigenvalue weighted by Crippen LogP contribution is -2.45. The molecule has 2 heterocycles. The van der Waals surface area contributed by atoms with Crippen LogP contribution in [0.1, 0.15) is 59.3 Å². The van der Waals surface area contributed by atoms with Crippen LogP contribution in [-0.2, 0) is 34.3 Å². The smallest absolute Gasteiger partial charge is 0.410 e. The molecule has 5 rings (SSSR count). The standard InChI is InChI=1S/C34H38ClN3O5S/c1-25-30-23-28(35)17-18-31(30)38(21-10-15-26-11-4-2-5-12-26)32(25)33(39)36-44(41,42)22-19-29-16-8-9-20-37(29)34(40)43-24-27-13-6-3-7-14-27/h2-7,11-14,17-18,23,29H,8-10,15-16,19-22,24H2,1H3,(H,36,39)/t29-/m0/s1. The van der Waals surface area contributed by atoms with Gasteiger partial charge in [0.2, 0.25) is 10.0 Å². The second-order valence-corrected chi connectivity index (χ2v) is 13.6. The van der Waals surface area contributed by atoms with Gasteiger partial charge in [-0.3, -0.25) is 4.79 Å². The van der Waals surface area contributed by atoms with Crippen LogP contribution < -0.4 is 4.72 Å². The second kappa shape index (κ2) is 14.3. The number of fused-ring (bicyclic) bond motifs is 1. The number of ether oxygens (including phenoxy) is 1. The van der Waals surface area contributed by atoms with Gasteiger partial charge in [-0.2, -0.15) is 0 Å². The van der Waals surface area contributed by atoms with E-state index in [1.165, 1.54) is 5.56 Å². The number of hydrogen-bond acceptors (Lipinski definition) is 5. The second-order valence-electron chi connectivity index (χ2n) is 11.3. The van der Waals surface area contributed by atoms with Crippen molar-refractivity contribution in [3.63, 3.8) is 0 Å². The SMILES string of the molecule is Cc1c(C(=O)NS(=O)(=O)CC[C@@H]2CCCCN2C(=O)OCc2ccccc2)n(CCCc2ccccc2)c2ccc(Cl)cc12. The summed E-state index contributed by atoms with van der Waals surface area (Å²) in [6.45, 7) is 3.01. The van der Waals surface area contributed by atoms with E-state index in [1.807, 2.05) is 66.1 Å². The highest BCUT2D eigenvalue weighted by atomic mass is 35.5. The minimum absolute atomic E-state index is 0.154. The number of rotatable bonds is 11. The van der Waals surface area contributed by atoms with Gasteiger partial charge in [0.15, 0.2) is 0 Å². The van der Waals surface area contributed by atoms with Crippen molar-refractivity contribution in [3.05, 3.63) is 106 Å². The molecule has 1 N–H and O–H groups in total. The van der Waals surface area contributed by atoms with Crippen LogP contribution in [0.2, 0.25) is 5.02 Å². The number of nitrogens with zero attached hydrogens (tertiary/aromatic N) is 2. The molecule has 0 bridgehead atoms. The average Bonchev–Trinajstić information content (AvgIpc) is 3.30. The van der Waals surface area contributed by atoms with Crippen LogP contribution in [0.15, 0.2) is 78.9 Å². The van der Waals surface area contributed by atoms with Crippen molar-refractivity contribution in [1.82, 2.24) is 14.2 Å². The lowest BCUT2D eigenvalue weighted by atomic mass is 10.0. The molecule has 4 aromatic rings. The van der Waals surface area contributed by atoms with Crippen LogP contribution in [0.5, 0.6) is 0 Å². The van der Waals surface area contributed by atoms with E-state index in [0.29, 0.717) is 35.8 Å². The molecule has 1 atom stereocenters. The minimum Gasteiger partial charge on any atom is -0.445 e. The zero-order valence-corrected chi connectivity index (χ0v) is 26.4. The molecule has 0 aliphatic carbocycles. The molecule has 0 saturated carbocycles. The molecule has 1 aliphatic rings. The van der Waals surface area contributed by atoms with Crippen molar-refractivity contribution in [2.75, 3.05) is 12.3 Å². The number of carbonyl (C=O) groups excluding carboxylic acids is 2. The first kappa shape index (κ1) is 31.6. The van der Waals surface area contributed by atoms with Crippen LogP contribution in [0, 0.1) is 6.92 Å². The Morgan fingerprint density at radius 2 is 1.68 bits per heavy atom. The van der Waals surface area contributed by atoms with E-state index < -0.39 is 22.0 Å². The third kappa shape index (κ3) is 7.81.